The highest BCUT2D eigenvalue weighted by Crippen LogP contribution is 2.27. The molecular formula is C10H13NO3S. The van der Waals surface area contributed by atoms with Crippen LogP contribution in [0.3, 0.4) is 0 Å². The Morgan fingerprint density at radius 2 is 2.13 bits per heavy atom. The van der Waals surface area contributed by atoms with Crippen molar-refractivity contribution in [1.29, 1.82) is 0 Å². The number of nitro groups is 1. The van der Waals surface area contributed by atoms with Crippen LogP contribution in [0.4, 0.5) is 5.69 Å². The lowest BCUT2D eigenvalue weighted by atomic mass is 10.3. The van der Waals surface area contributed by atoms with Gasteiger partial charge in [-0.3, -0.25) is 10.1 Å². The van der Waals surface area contributed by atoms with Crippen LogP contribution in [-0.2, 0) is 0 Å². The normalized spacial score (nSPS) is 14.6. The fraction of sp³-hybridized carbons (Fsp3) is 0.400. The molecule has 0 amide bonds. The van der Waals surface area contributed by atoms with Gasteiger partial charge in [-0.1, -0.05) is 13.0 Å². The average Bonchev–Trinajstić information content (AvgIpc) is 2.18. The largest absolute Gasteiger partial charge is 0.392 e. The summed E-state index contributed by atoms with van der Waals surface area (Å²) in [5, 5.41) is 19.8. The van der Waals surface area contributed by atoms with Crippen molar-refractivity contribution in [3.05, 3.63) is 34.4 Å². The van der Waals surface area contributed by atoms with Crippen LogP contribution in [0.2, 0.25) is 0 Å². The van der Waals surface area contributed by atoms with Gasteiger partial charge < -0.3 is 5.11 Å². The monoisotopic (exact) mass is 227 g/mol. The van der Waals surface area contributed by atoms with E-state index in [0.29, 0.717) is 0 Å². The fourth-order valence-electron chi connectivity index (χ4n) is 0.984. The van der Waals surface area contributed by atoms with Gasteiger partial charge in [-0.25, -0.2) is 0 Å². The molecule has 5 heteroatoms. The summed E-state index contributed by atoms with van der Waals surface area (Å²) < 4.78 is 0. The van der Waals surface area contributed by atoms with Gasteiger partial charge in [0.1, 0.15) is 0 Å². The predicted molar refractivity (Wildman–Crippen MR) is 60.1 cm³/mol. The van der Waals surface area contributed by atoms with E-state index in [9.17, 15) is 15.2 Å². The zero-order valence-corrected chi connectivity index (χ0v) is 9.40. The van der Waals surface area contributed by atoms with E-state index in [-0.39, 0.29) is 10.9 Å². The number of benzene rings is 1. The smallest absolute Gasteiger partial charge is 0.270 e. The van der Waals surface area contributed by atoms with Crippen LogP contribution >= 0.6 is 11.8 Å². The Morgan fingerprint density at radius 1 is 1.47 bits per heavy atom. The molecule has 2 atom stereocenters. The molecule has 1 N–H and O–H groups in total. The van der Waals surface area contributed by atoms with Crippen molar-refractivity contribution in [3.63, 3.8) is 0 Å². The standard InChI is InChI=1S/C10H13NO3S/c1-7(12)8(2)15-10-5-3-4-9(6-10)11(13)14/h3-8,12H,1-2H3. The van der Waals surface area contributed by atoms with Gasteiger partial charge in [0.25, 0.3) is 5.69 Å². The van der Waals surface area contributed by atoms with Crippen LogP contribution in [0.5, 0.6) is 0 Å². The lowest BCUT2D eigenvalue weighted by molar-refractivity contribution is -0.385. The molecule has 2 unspecified atom stereocenters. The van der Waals surface area contributed by atoms with Crippen LogP contribution in [-0.4, -0.2) is 21.4 Å². The summed E-state index contributed by atoms with van der Waals surface area (Å²) >= 11 is 1.43. The molecule has 0 saturated carbocycles. The van der Waals surface area contributed by atoms with Crippen molar-refractivity contribution in [3.8, 4) is 0 Å². The Bertz CT molecular complexity index is 354. The molecule has 0 aliphatic rings. The molecule has 0 fully saturated rings. The molecule has 1 rings (SSSR count). The van der Waals surface area contributed by atoms with E-state index in [2.05, 4.69) is 0 Å². The molecule has 1 aromatic carbocycles. The number of rotatable bonds is 4. The van der Waals surface area contributed by atoms with Crippen molar-refractivity contribution >= 4 is 17.4 Å². The van der Waals surface area contributed by atoms with E-state index in [4.69, 9.17) is 0 Å². The van der Waals surface area contributed by atoms with Crippen molar-refractivity contribution in [1.82, 2.24) is 0 Å². The van der Waals surface area contributed by atoms with E-state index in [1.54, 1.807) is 19.1 Å². The zero-order valence-electron chi connectivity index (χ0n) is 8.58. The minimum atomic E-state index is -0.436. The first kappa shape index (κ1) is 12.0. The Kier molecular flexibility index (Phi) is 4.11. The summed E-state index contributed by atoms with van der Waals surface area (Å²) in [5.74, 6) is 0. The second-order valence-corrected chi connectivity index (χ2v) is 4.77. The number of hydrogen-bond acceptors (Lipinski definition) is 4. The van der Waals surface area contributed by atoms with Crippen LogP contribution in [0.25, 0.3) is 0 Å². The zero-order chi connectivity index (χ0) is 11.4. The molecule has 15 heavy (non-hydrogen) atoms. The maximum absolute atomic E-state index is 10.5. The van der Waals surface area contributed by atoms with E-state index < -0.39 is 11.0 Å². The Labute approximate surface area is 92.5 Å². The summed E-state index contributed by atoms with van der Waals surface area (Å²) in [7, 11) is 0. The number of aliphatic hydroxyl groups is 1. The van der Waals surface area contributed by atoms with Crippen LogP contribution < -0.4 is 0 Å². The molecule has 0 aliphatic heterocycles. The van der Waals surface area contributed by atoms with Gasteiger partial charge >= 0.3 is 0 Å². The van der Waals surface area contributed by atoms with Gasteiger partial charge in [0, 0.05) is 22.3 Å². The molecule has 82 valence electrons. The van der Waals surface area contributed by atoms with Crippen LogP contribution in [0, 0.1) is 10.1 Å². The number of non-ortho nitro benzene ring substituents is 1. The molecule has 0 spiro atoms. The second-order valence-electron chi connectivity index (χ2n) is 3.32. The van der Waals surface area contributed by atoms with Gasteiger partial charge in [-0.15, -0.1) is 11.8 Å². The molecule has 0 bridgehead atoms. The highest BCUT2D eigenvalue weighted by Gasteiger charge is 2.12. The first-order valence-electron chi connectivity index (χ1n) is 4.60. The van der Waals surface area contributed by atoms with E-state index in [1.165, 1.54) is 23.9 Å². The number of thioether (sulfide) groups is 1. The molecule has 0 aliphatic carbocycles. The molecule has 0 radical (unpaired) electrons. The highest BCUT2D eigenvalue weighted by atomic mass is 32.2. The topological polar surface area (TPSA) is 63.4 Å². The molecular weight excluding hydrogens is 214 g/mol. The Balaban J connectivity index is 2.78. The summed E-state index contributed by atoms with van der Waals surface area (Å²) in [6, 6.07) is 6.42. The minimum absolute atomic E-state index is 0.0204. The SMILES string of the molecule is CC(O)C(C)Sc1cccc([N+](=O)[O-])c1. The quantitative estimate of drug-likeness (QED) is 0.487. The van der Waals surface area contributed by atoms with Crippen LogP contribution in [0.1, 0.15) is 13.8 Å². The third kappa shape index (κ3) is 3.53. The third-order valence-corrected chi connectivity index (χ3v) is 3.32. The molecule has 4 nitrogen and oxygen atoms in total. The summed E-state index contributed by atoms with van der Waals surface area (Å²) in [6.45, 7) is 3.59. The number of aliphatic hydroxyl groups excluding tert-OH is 1. The summed E-state index contributed by atoms with van der Waals surface area (Å²) in [4.78, 5) is 10.9. The molecule has 0 aromatic heterocycles. The molecule has 1 aromatic rings. The first-order chi connectivity index (χ1) is 7.00. The predicted octanol–water partition coefficient (Wildman–Crippen LogP) is 2.46. The third-order valence-electron chi connectivity index (χ3n) is 2.03. The Morgan fingerprint density at radius 3 is 2.67 bits per heavy atom. The minimum Gasteiger partial charge on any atom is -0.392 e. The second kappa shape index (κ2) is 5.14. The molecule has 0 heterocycles. The van der Waals surface area contributed by atoms with Crippen molar-refractivity contribution in [2.45, 2.75) is 30.1 Å². The number of nitro benzene ring substituents is 1. The fourth-order valence-corrected chi connectivity index (χ4v) is 1.96. The van der Waals surface area contributed by atoms with Crippen molar-refractivity contribution in [2.24, 2.45) is 0 Å². The van der Waals surface area contributed by atoms with E-state index in [1.807, 2.05) is 6.92 Å². The number of hydrogen-bond donors (Lipinski definition) is 1. The summed E-state index contributed by atoms with van der Waals surface area (Å²) in [5.41, 5.74) is 0.0813. The van der Waals surface area contributed by atoms with Gasteiger partial charge in [0.05, 0.1) is 11.0 Å². The van der Waals surface area contributed by atoms with Gasteiger partial charge in [-0.2, -0.15) is 0 Å². The van der Waals surface area contributed by atoms with Gasteiger partial charge in [-0.05, 0) is 13.0 Å². The van der Waals surface area contributed by atoms with Gasteiger partial charge in [0.2, 0.25) is 0 Å². The lowest BCUT2D eigenvalue weighted by Crippen LogP contribution is -2.14. The maximum Gasteiger partial charge on any atom is 0.270 e. The lowest BCUT2D eigenvalue weighted by Gasteiger charge is -2.13. The Hall–Kier alpha value is -1.07. The van der Waals surface area contributed by atoms with Crippen LogP contribution in [0.15, 0.2) is 29.2 Å². The maximum atomic E-state index is 10.5. The van der Waals surface area contributed by atoms with Crippen molar-refractivity contribution < 1.29 is 10.0 Å². The summed E-state index contributed by atoms with van der Waals surface area (Å²) in [6.07, 6.45) is -0.436. The average molecular weight is 227 g/mol. The molecule has 0 saturated heterocycles. The van der Waals surface area contributed by atoms with E-state index >= 15 is 0 Å². The first-order valence-corrected chi connectivity index (χ1v) is 5.48. The van der Waals surface area contributed by atoms with Crippen molar-refractivity contribution in [2.75, 3.05) is 0 Å². The van der Waals surface area contributed by atoms with Gasteiger partial charge in [0.15, 0.2) is 0 Å². The number of nitrogens with zero attached hydrogens (tertiary/aromatic N) is 1. The highest BCUT2D eigenvalue weighted by molar-refractivity contribution is 8.00. The van der Waals surface area contributed by atoms with E-state index in [0.717, 1.165) is 4.90 Å².